The van der Waals surface area contributed by atoms with Gasteiger partial charge in [0, 0.05) is 36.8 Å². The van der Waals surface area contributed by atoms with Gasteiger partial charge in [-0.3, -0.25) is 10.3 Å². The maximum absolute atomic E-state index is 12.5. The van der Waals surface area contributed by atoms with E-state index in [0.717, 1.165) is 16.9 Å². The van der Waals surface area contributed by atoms with Crippen LogP contribution in [0, 0.1) is 6.92 Å². The molecule has 0 saturated heterocycles. The largest absolute Gasteiger partial charge is 0.457 e. The number of aromatic nitrogens is 3. The van der Waals surface area contributed by atoms with Gasteiger partial charge in [-0.05, 0) is 55.0 Å². The Balaban J connectivity index is 1.37. The van der Waals surface area contributed by atoms with Crippen LogP contribution in [0.4, 0.5) is 16.3 Å². The van der Waals surface area contributed by atoms with Gasteiger partial charge in [-0.1, -0.05) is 12.1 Å². The zero-order chi connectivity index (χ0) is 22.3. The van der Waals surface area contributed by atoms with Gasteiger partial charge in [0.05, 0.1) is 18.5 Å². The molecule has 0 aliphatic rings. The molecule has 32 heavy (non-hydrogen) atoms. The third-order valence-corrected chi connectivity index (χ3v) is 4.59. The minimum Gasteiger partial charge on any atom is -0.457 e. The lowest BCUT2D eigenvalue weighted by Gasteiger charge is -2.11. The first-order valence-corrected chi connectivity index (χ1v) is 10.0. The number of benzene rings is 2. The Hall–Kier alpha value is -4.17. The van der Waals surface area contributed by atoms with Crippen LogP contribution in [0.15, 0.2) is 79.1 Å². The molecular weight excluding hydrogens is 406 g/mol. The first-order chi connectivity index (χ1) is 15.6. The number of pyridine rings is 1. The summed E-state index contributed by atoms with van der Waals surface area (Å²) in [6.45, 7) is 2.44. The van der Waals surface area contributed by atoms with E-state index in [-0.39, 0.29) is 6.03 Å². The molecule has 0 saturated carbocycles. The van der Waals surface area contributed by atoms with E-state index >= 15 is 0 Å². The summed E-state index contributed by atoms with van der Waals surface area (Å²) in [5.74, 6) is 1.92. The normalized spacial score (nSPS) is 10.6. The highest BCUT2D eigenvalue weighted by Gasteiger charge is 2.09. The third-order valence-electron chi connectivity index (χ3n) is 4.59. The topological polar surface area (TPSA) is 90.3 Å². The molecule has 0 atom stereocenters. The van der Waals surface area contributed by atoms with Crippen molar-refractivity contribution in [1.29, 1.82) is 0 Å². The van der Waals surface area contributed by atoms with Crippen molar-refractivity contribution in [1.82, 2.24) is 14.8 Å². The highest BCUT2D eigenvalue weighted by Crippen LogP contribution is 2.23. The van der Waals surface area contributed by atoms with Gasteiger partial charge in [0.2, 0.25) is 0 Å². The summed E-state index contributed by atoms with van der Waals surface area (Å²) in [5, 5.41) is 9.94. The summed E-state index contributed by atoms with van der Waals surface area (Å²) in [6.07, 6.45) is 3.33. The molecule has 0 aliphatic heterocycles. The third kappa shape index (κ3) is 5.30. The Labute approximate surface area is 185 Å². The summed E-state index contributed by atoms with van der Waals surface area (Å²) in [5.41, 5.74) is 3.40. The molecule has 2 aromatic heterocycles. The predicted molar refractivity (Wildman–Crippen MR) is 122 cm³/mol. The molecule has 0 spiro atoms. The van der Waals surface area contributed by atoms with E-state index in [1.54, 1.807) is 60.6 Å². The number of hydrogen-bond donors (Lipinski definition) is 2. The van der Waals surface area contributed by atoms with E-state index in [1.807, 2.05) is 37.3 Å². The maximum Gasteiger partial charge on any atom is 0.324 e. The number of hydrogen-bond acceptors (Lipinski definition) is 5. The smallest absolute Gasteiger partial charge is 0.324 e. The van der Waals surface area contributed by atoms with Crippen LogP contribution in [-0.4, -0.2) is 27.9 Å². The number of rotatable bonds is 7. The second kappa shape index (κ2) is 9.76. The number of methoxy groups -OCH3 is 1. The van der Waals surface area contributed by atoms with Crippen molar-refractivity contribution in [2.45, 2.75) is 13.5 Å². The Bertz CT molecular complexity index is 1190. The van der Waals surface area contributed by atoms with Gasteiger partial charge in [0.25, 0.3) is 0 Å². The molecule has 162 valence electrons. The molecule has 4 aromatic rings. The van der Waals surface area contributed by atoms with E-state index in [1.165, 1.54) is 0 Å². The minimum absolute atomic E-state index is 0.374. The fraction of sp³-hybridized carbons (Fsp3) is 0.125. The lowest BCUT2D eigenvalue weighted by molar-refractivity contribution is 0.185. The molecule has 0 radical (unpaired) electrons. The Kier molecular flexibility index (Phi) is 6.43. The quantitative estimate of drug-likeness (QED) is 0.424. The van der Waals surface area contributed by atoms with Gasteiger partial charge >= 0.3 is 6.03 Å². The first-order valence-electron chi connectivity index (χ1n) is 10.0. The van der Waals surface area contributed by atoms with E-state index in [2.05, 4.69) is 20.7 Å². The monoisotopic (exact) mass is 429 g/mol. The van der Waals surface area contributed by atoms with Crippen molar-refractivity contribution in [2.24, 2.45) is 0 Å². The number of nitrogens with one attached hydrogen (secondary N) is 2. The lowest BCUT2D eigenvalue weighted by Crippen LogP contribution is -2.21. The number of anilines is 2. The highest BCUT2D eigenvalue weighted by atomic mass is 16.5. The SMILES string of the molecule is COCc1ccc(-n2nccc2NC(=O)Nc2ccc(Oc3ccnc(C)c3)cc2)cc1. The van der Waals surface area contributed by atoms with Crippen molar-refractivity contribution in [3.05, 3.63) is 90.4 Å². The molecule has 4 rings (SSSR count). The second-order valence-electron chi connectivity index (χ2n) is 7.07. The van der Waals surface area contributed by atoms with E-state index < -0.39 is 0 Å². The van der Waals surface area contributed by atoms with E-state index in [0.29, 0.717) is 29.6 Å². The van der Waals surface area contributed by atoms with Crippen LogP contribution < -0.4 is 15.4 Å². The minimum atomic E-state index is -0.374. The average molecular weight is 429 g/mol. The summed E-state index contributed by atoms with van der Waals surface area (Å²) >= 11 is 0. The first kappa shape index (κ1) is 21.1. The Morgan fingerprint density at radius 2 is 1.72 bits per heavy atom. The van der Waals surface area contributed by atoms with Crippen LogP contribution in [-0.2, 0) is 11.3 Å². The molecule has 2 heterocycles. The van der Waals surface area contributed by atoms with Gasteiger partial charge in [-0.25, -0.2) is 9.48 Å². The standard InChI is InChI=1S/C24H23N5O3/c1-17-15-22(11-13-25-17)32-21-9-5-19(6-10-21)27-24(30)28-23-12-14-26-29(23)20-7-3-18(4-8-20)16-31-2/h3-15H,16H2,1-2H3,(H2,27,28,30). The molecule has 2 amide bonds. The average Bonchev–Trinajstić information content (AvgIpc) is 3.24. The zero-order valence-electron chi connectivity index (χ0n) is 17.8. The molecular formula is C24H23N5O3. The van der Waals surface area contributed by atoms with Gasteiger partial charge in [-0.2, -0.15) is 5.10 Å². The van der Waals surface area contributed by atoms with Crippen LogP contribution in [0.5, 0.6) is 11.5 Å². The number of carbonyl (C=O) groups is 1. The number of nitrogens with zero attached hydrogens (tertiary/aromatic N) is 3. The molecule has 2 N–H and O–H groups in total. The zero-order valence-corrected chi connectivity index (χ0v) is 17.8. The number of ether oxygens (including phenoxy) is 2. The van der Waals surface area contributed by atoms with Gasteiger partial charge in [0.15, 0.2) is 0 Å². The Morgan fingerprint density at radius 3 is 2.44 bits per heavy atom. The molecule has 0 bridgehead atoms. The van der Waals surface area contributed by atoms with Crippen LogP contribution in [0.3, 0.4) is 0 Å². The summed E-state index contributed by atoms with van der Waals surface area (Å²) in [7, 11) is 1.66. The van der Waals surface area contributed by atoms with Gasteiger partial charge < -0.3 is 14.8 Å². The summed E-state index contributed by atoms with van der Waals surface area (Å²) in [6, 6.07) is 19.9. The number of urea groups is 1. The molecule has 2 aromatic carbocycles. The fourth-order valence-corrected chi connectivity index (χ4v) is 3.11. The summed E-state index contributed by atoms with van der Waals surface area (Å²) in [4.78, 5) is 16.6. The highest BCUT2D eigenvalue weighted by molar-refractivity contribution is 5.99. The fourth-order valence-electron chi connectivity index (χ4n) is 3.11. The molecule has 8 nitrogen and oxygen atoms in total. The number of carbonyl (C=O) groups excluding carboxylic acids is 1. The van der Waals surface area contributed by atoms with E-state index in [4.69, 9.17) is 9.47 Å². The maximum atomic E-state index is 12.5. The van der Waals surface area contributed by atoms with Crippen molar-refractivity contribution >= 4 is 17.5 Å². The predicted octanol–water partition coefficient (Wildman–Crippen LogP) is 5.16. The van der Waals surface area contributed by atoms with E-state index in [9.17, 15) is 4.79 Å². The summed E-state index contributed by atoms with van der Waals surface area (Å²) < 4.78 is 12.6. The lowest BCUT2D eigenvalue weighted by atomic mass is 10.2. The van der Waals surface area contributed by atoms with Crippen LogP contribution >= 0.6 is 0 Å². The van der Waals surface area contributed by atoms with Crippen molar-refractivity contribution in [3.63, 3.8) is 0 Å². The number of amides is 2. The van der Waals surface area contributed by atoms with Crippen LogP contribution in [0.25, 0.3) is 5.69 Å². The molecule has 0 fully saturated rings. The van der Waals surface area contributed by atoms with Gasteiger partial charge in [0.1, 0.15) is 17.3 Å². The van der Waals surface area contributed by atoms with Crippen molar-refractivity contribution in [2.75, 3.05) is 17.7 Å². The van der Waals surface area contributed by atoms with Crippen molar-refractivity contribution < 1.29 is 14.3 Å². The van der Waals surface area contributed by atoms with Crippen LogP contribution in [0.2, 0.25) is 0 Å². The molecule has 0 aliphatic carbocycles. The molecule has 0 unspecified atom stereocenters. The second-order valence-corrected chi connectivity index (χ2v) is 7.07. The van der Waals surface area contributed by atoms with Gasteiger partial charge in [-0.15, -0.1) is 0 Å². The molecule has 8 heteroatoms. The number of aryl methyl sites for hydroxylation is 1. The van der Waals surface area contributed by atoms with Crippen molar-refractivity contribution in [3.8, 4) is 17.2 Å². The van der Waals surface area contributed by atoms with Crippen LogP contribution in [0.1, 0.15) is 11.3 Å². The Morgan fingerprint density at radius 1 is 0.938 bits per heavy atom.